The van der Waals surface area contributed by atoms with Crippen LogP contribution < -0.4 is 4.90 Å². The first-order chi connectivity index (χ1) is 19.7. The highest BCUT2D eigenvalue weighted by Gasteiger charge is 2.36. The predicted octanol–water partition coefficient (Wildman–Crippen LogP) is 8.10. The monoisotopic (exact) mass is 567 g/mol. The molecule has 0 spiro atoms. The van der Waals surface area contributed by atoms with Crippen LogP contribution in [0.1, 0.15) is 71.9 Å². The Balaban J connectivity index is 1.71. The lowest BCUT2D eigenvalue weighted by Gasteiger charge is -2.29. The van der Waals surface area contributed by atoms with E-state index in [1.807, 2.05) is 66.7 Å². The van der Waals surface area contributed by atoms with Gasteiger partial charge in [0.05, 0.1) is 17.6 Å². The smallest absolute Gasteiger partial charge is 0.416 e. The molecule has 2 aromatic carbocycles. The van der Waals surface area contributed by atoms with E-state index in [1.165, 1.54) is 0 Å². The maximum Gasteiger partial charge on any atom is 0.416 e. The molecular formula is C35H41N3O4. The third-order valence-electron chi connectivity index (χ3n) is 7.19. The third kappa shape index (κ3) is 7.97. The fraction of sp³-hybridized carbons (Fsp3) is 0.429. The molecule has 0 bridgehead atoms. The van der Waals surface area contributed by atoms with Crippen LogP contribution in [0.5, 0.6) is 0 Å². The molecule has 0 N–H and O–H groups in total. The molecule has 0 saturated heterocycles. The number of hydrogen-bond donors (Lipinski definition) is 0. The molecule has 1 saturated carbocycles. The molecule has 0 radical (unpaired) electrons. The maximum atomic E-state index is 13.6. The second kappa shape index (κ2) is 12.4. The number of nitrogens with zero attached hydrogens (tertiary/aromatic N) is 3. The fourth-order valence-electron chi connectivity index (χ4n) is 5.20. The molecule has 7 nitrogen and oxygen atoms in total. The zero-order valence-electron chi connectivity index (χ0n) is 25.7. The van der Waals surface area contributed by atoms with E-state index < -0.39 is 17.3 Å². The fourth-order valence-corrected chi connectivity index (χ4v) is 5.20. The number of hydrogen-bond acceptors (Lipinski definition) is 6. The Hall–Kier alpha value is -4.18. The van der Waals surface area contributed by atoms with E-state index >= 15 is 0 Å². The summed E-state index contributed by atoms with van der Waals surface area (Å²) in [6.45, 7) is 13.6. The molecule has 1 heterocycles. The Morgan fingerprint density at radius 3 is 2.10 bits per heavy atom. The number of aryl methyl sites for hydroxylation is 1. The summed E-state index contributed by atoms with van der Waals surface area (Å²) in [7, 11) is 0. The van der Waals surface area contributed by atoms with Gasteiger partial charge in [-0.05, 0) is 109 Å². The van der Waals surface area contributed by atoms with Crippen LogP contribution in [0, 0.1) is 30.1 Å². The Kier molecular flexibility index (Phi) is 9.06. The average molecular weight is 568 g/mol. The van der Waals surface area contributed by atoms with Crippen LogP contribution in [0.25, 0.3) is 22.3 Å². The Bertz CT molecular complexity index is 1460. The predicted molar refractivity (Wildman–Crippen MR) is 165 cm³/mol. The molecule has 1 aliphatic carbocycles. The van der Waals surface area contributed by atoms with Gasteiger partial charge in [-0.2, -0.15) is 5.26 Å². The lowest BCUT2D eigenvalue weighted by Crippen LogP contribution is -2.40. The first-order valence-electron chi connectivity index (χ1n) is 14.5. The van der Waals surface area contributed by atoms with Crippen molar-refractivity contribution < 1.29 is 19.1 Å². The lowest BCUT2D eigenvalue weighted by molar-refractivity contribution is -0.159. The van der Waals surface area contributed by atoms with Gasteiger partial charge in [0.1, 0.15) is 17.0 Å². The van der Waals surface area contributed by atoms with Gasteiger partial charge in [-0.15, -0.1) is 0 Å². The van der Waals surface area contributed by atoms with Gasteiger partial charge >= 0.3 is 12.1 Å². The molecule has 0 aliphatic heterocycles. The van der Waals surface area contributed by atoms with Crippen molar-refractivity contribution in [3.05, 3.63) is 71.9 Å². The van der Waals surface area contributed by atoms with Gasteiger partial charge in [0.25, 0.3) is 0 Å². The second-order valence-electron chi connectivity index (χ2n) is 13.1. The van der Waals surface area contributed by atoms with E-state index in [4.69, 9.17) is 14.5 Å². The zero-order chi connectivity index (χ0) is 30.7. The first kappa shape index (κ1) is 30.8. The van der Waals surface area contributed by atoms with Gasteiger partial charge in [0.2, 0.25) is 0 Å². The number of aromatic nitrogens is 1. The normalized spacial score (nSPS) is 16.9. The number of amides is 1. The topological polar surface area (TPSA) is 92.5 Å². The summed E-state index contributed by atoms with van der Waals surface area (Å²) < 4.78 is 11.5. The third-order valence-corrected chi connectivity index (χ3v) is 7.19. The number of carbonyl (C=O) groups is 2. The largest absolute Gasteiger partial charge is 0.460 e. The number of anilines is 1. The summed E-state index contributed by atoms with van der Waals surface area (Å²) in [6, 6.07) is 19.7. The molecule has 1 amide bonds. The highest BCUT2D eigenvalue weighted by Crippen LogP contribution is 2.37. The van der Waals surface area contributed by atoms with Crippen molar-refractivity contribution in [1.82, 2.24) is 4.98 Å². The molecule has 7 heteroatoms. The zero-order valence-corrected chi connectivity index (χ0v) is 25.7. The van der Waals surface area contributed by atoms with Crippen LogP contribution in [0.2, 0.25) is 0 Å². The second-order valence-corrected chi connectivity index (χ2v) is 13.1. The van der Waals surface area contributed by atoms with Crippen molar-refractivity contribution in [2.45, 2.75) is 78.9 Å². The molecular weight excluding hydrogens is 526 g/mol. The van der Waals surface area contributed by atoms with Crippen molar-refractivity contribution in [2.24, 2.45) is 11.8 Å². The minimum absolute atomic E-state index is 0.0952. The number of benzene rings is 2. The van der Waals surface area contributed by atoms with Crippen molar-refractivity contribution in [1.29, 1.82) is 5.26 Å². The summed E-state index contributed by atoms with van der Waals surface area (Å²) in [6.07, 6.45) is 3.47. The summed E-state index contributed by atoms with van der Waals surface area (Å²) in [5.41, 5.74) is 4.21. The van der Waals surface area contributed by atoms with Gasteiger partial charge < -0.3 is 9.47 Å². The standard InChI is InChI=1S/C35H41N3O4/c1-23-8-13-26(14-9-23)29-19-31(37-21-30(29)27-15-10-24(20-36)11-16-27)38(33(40)42-35(5,6)7)22-25-12-17-28(18-25)32(39)41-34(2,3)4/h8-11,13-16,19,21,25,28H,12,17-18,22H2,1-7H3/t25-,28?/m1/s1. The quantitative estimate of drug-likeness (QED) is 0.280. The van der Waals surface area contributed by atoms with E-state index in [9.17, 15) is 14.9 Å². The molecule has 1 aromatic heterocycles. The number of carbonyl (C=O) groups excluding carboxylic acids is 2. The van der Waals surface area contributed by atoms with Gasteiger partial charge in [-0.3, -0.25) is 9.69 Å². The Morgan fingerprint density at radius 1 is 0.905 bits per heavy atom. The van der Waals surface area contributed by atoms with Gasteiger partial charge in [-0.1, -0.05) is 42.0 Å². The van der Waals surface area contributed by atoms with Gasteiger partial charge in [-0.25, -0.2) is 9.78 Å². The molecule has 2 atom stereocenters. The van der Waals surface area contributed by atoms with Crippen molar-refractivity contribution in [3.63, 3.8) is 0 Å². The molecule has 1 unspecified atom stereocenters. The van der Waals surface area contributed by atoms with Crippen LogP contribution in [-0.4, -0.2) is 34.8 Å². The molecule has 220 valence electrons. The van der Waals surface area contributed by atoms with E-state index in [0.717, 1.165) is 40.7 Å². The van der Waals surface area contributed by atoms with Crippen molar-refractivity contribution >= 4 is 17.9 Å². The van der Waals surface area contributed by atoms with E-state index in [-0.39, 0.29) is 17.8 Å². The molecule has 1 aliphatic rings. The van der Waals surface area contributed by atoms with Crippen molar-refractivity contribution in [3.8, 4) is 28.3 Å². The Labute approximate surface area is 249 Å². The minimum Gasteiger partial charge on any atom is -0.460 e. The number of esters is 1. The minimum atomic E-state index is -0.688. The van der Waals surface area contributed by atoms with E-state index in [2.05, 4.69) is 30.3 Å². The number of ether oxygens (including phenoxy) is 2. The van der Waals surface area contributed by atoms with Gasteiger partial charge in [0, 0.05) is 18.3 Å². The summed E-state index contributed by atoms with van der Waals surface area (Å²) in [5, 5.41) is 9.26. The number of rotatable bonds is 6. The first-order valence-corrected chi connectivity index (χ1v) is 14.5. The van der Waals surface area contributed by atoms with Crippen molar-refractivity contribution in [2.75, 3.05) is 11.4 Å². The van der Waals surface area contributed by atoms with Crippen LogP contribution in [0.4, 0.5) is 10.6 Å². The summed E-state index contributed by atoms with van der Waals surface area (Å²) in [5.74, 6) is 0.209. The van der Waals surface area contributed by atoms with E-state index in [1.54, 1.807) is 23.2 Å². The van der Waals surface area contributed by atoms with Crippen LogP contribution in [0.15, 0.2) is 60.8 Å². The molecule has 42 heavy (non-hydrogen) atoms. The summed E-state index contributed by atoms with van der Waals surface area (Å²) >= 11 is 0. The number of nitriles is 1. The molecule has 1 fully saturated rings. The van der Waals surface area contributed by atoms with Crippen LogP contribution >= 0.6 is 0 Å². The Morgan fingerprint density at radius 2 is 1.50 bits per heavy atom. The highest BCUT2D eigenvalue weighted by atomic mass is 16.6. The highest BCUT2D eigenvalue weighted by molar-refractivity contribution is 5.91. The van der Waals surface area contributed by atoms with Crippen LogP contribution in [0.3, 0.4) is 0 Å². The summed E-state index contributed by atoms with van der Waals surface area (Å²) in [4.78, 5) is 32.7. The van der Waals surface area contributed by atoms with Gasteiger partial charge in [0.15, 0.2) is 0 Å². The molecule has 3 aromatic rings. The number of pyridine rings is 1. The average Bonchev–Trinajstić information content (AvgIpc) is 3.39. The SMILES string of the molecule is Cc1ccc(-c2cc(N(C[C@@H]3CCC(C(=O)OC(C)(C)C)C3)C(=O)OC(C)(C)C)ncc2-c2ccc(C#N)cc2)cc1. The maximum absolute atomic E-state index is 13.6. The lowest BCUT2D eigenvalue weighted by atomic mass is 9.95. The van der Waals surface area contributed by atoms with E-state index in [0.29, 0.717) is 24.3 Å². The van der Waals surface area contributed by atoms with Crippen LogP contribution in [-0.2, 0) is 14.3 Å². The molecule has 4 rings (SSSR count).